The van der Waals surface area contributed by atoms with Gasteiger partial charge in [0.2, 0.25) is 0 Å². The van der Waals surface area contributed by atoms with Crippen molar-refractivity contribution in [3.63, 3.8) is 0 Å². The van der Waals surface area contributed by atoms with Crippen LogP contribution in [0.3, 0.4) is 0 Å². The van der Waals surface area contributed by atoms with Crippen molar-refractivity contribution in [3.05, 3.63) is 18.0 Å². The third kappa shape index (κ3) is 4.97. The SMILES string of the molecule is CCOC(=O)CC(O)CNCc1ccnn1C. The molecule has 0 aliphatic heterocycles. The minimum Gasteiger partial charge on any atom is -0.466 e. The molecule has 0 aromatic carbocycles. The first-order valence-corrected chi connectivity index (χ1v) is 5.64. The zero-order valence-corrected chi connectivity index (χ0v) is 10.2. The van der Waals surface area contributed by atoms with Crippen LogP contribution in [-0.2, 0) is 23.1 Å². The molecule has 0 saturated heterocycles. The number of aliphatic hydroxyl groups excluding tert-OH is 1. The first-order valence-electron chi connectivity index (χ1n) is 5.64. The highest BCUT2D eigenvalue weighted by atomic mass is 16.5. The summed E-state index contributed by atoms with van der Waals surface area (Å²) in [7, 11) is 1.85. The number of aryl methyl sites for hydroxylation is 1. The van der Waals surface area contributed by atoms with E-state index in [2.05, 4.69) is 10.4 Å². The topological polar surface area (TPSA) is 76.4 Å². The van der Waals surface area contributed by atoms with E-state index in [1.165, 1.54) is 0 Å². The molecule has 1 rings (SSSR count). The van der Waals surface area contributed by atoms with Gasteiger partial charge in [-0.1, -0.05) is 0 Å². The monoisotopic (exact) mass is 241 g/mol. The highest BCUT2D eigenvalue weighted by Crippen LogP contribution is 1.97. The van der Waals surface area contributed by atoms with Crippen molar-refractivity contribution >= 4 is 5.97 Å². The van der Waals surface area contributed by atoms with E-state index in [0.29, 0.717) is 19.7 Å². The molecule has 0 aliphatic rings. The Morgan fingerprint density at radius 1 is 1.71 bits per heavy atom. The third-order valence-electron chi connectivity index (χ3n) is 2.32. The quantitative estimate of drug-likeness (QED) is 0.648. The van der Waals surface area contributed by atoms with E-state index in [0.717, 1.165) is 5.69 Å². The number of nitrogens with one attached hydrogen (secondary N) is 1. The molecule has 1 aromatic heterocycles. The van der Waals surface area contributed by atoms with Crippen LogP contribution < -0.4 is 5.32 Å². The van der Waals surface area contributed by atoms with Gasteiger partial charge in [0.05, 0.1) is 24.8 Å². The molecule has 0 amide bonds. The normalized spacial score (nSPS) is 12.4. The minimum atomic E-state index is -0.720. The molecule has 0 aliphatic carbocycles. The van der Waals surface area contributed by atoms with Crippen LogP contribution in [0.1, 0.15) is 19.0 Å². The van der Waals surface area contributed by atoms with Gasteiger partial charge in [0.1, 0.15) is 0 Å². The zero-order valence-electron chi connectivity index (χ0n) is 10.2. The molecule has 1 unspecified atom stereocenters. The second-order valence-electron chi connectivity index (χ2n) is 3.74. The van der Waals surface area contributed by atoms with Gasteiger partial charge in [-0.2, -0.15) is 5.10 Å². The number of aromatic nitrogens is 2. The maximum Gasteiger partial charge on any atom is 0.308 e. The van der Waals surface area contributed by atoms with Crippen LogP contribution in [0.2, 0.25) is 0 Å². The number of hydrogen-bond acceptors (Lipinski definition) is 5. The molecule has 6 heteroatoms. The molecule has 0 radical (unpaired) electrons. The van der Waals surface area contributed by atoms with Gasteiger partial charge in [0.15, 0.2) is 0 Å². The number of carbonyl (C=O) groups is 1. The van der Waals surface area contributed by atoms with Crippen LogP contribution in [0.4, 0.5) is 0 Å². The van der Waals surface area contributed by atoms with Crippen LogP contribution in [0, 0.1) is 0 Å². The van der Waals surface area contributed by atoms with Crippen molar-refractivity contribution in [2.24, 2.45) is 7.05 Å². The Hall–Kier alpha value is -1.40. The summed E-state index contributed by atoms with van der Waals surface area (Å²) in [5.41, 5.74) is 1.02. The van der Waals surface area contributed by atoms with E-state index in [1.807, 2.05) is 13.1 Å². The van der Waals surface area contributed by atoms with Crippen LogP contribution >= 0.6 is 0 Å². The lowest BCUT2D eigenvalue weighted by atomic mass is 10.2. The summed E-state index contributed by atoms with van der Waals surface area (Å²) in [5.74, 6) is -0.373. The lowest BCUT2D eigenvalue weighted by Gasteiger charge is -2.11. The summed E-state index contributed by atoms with van der Waals surface area (Å²) >= 11 is 0. The van der Waals surface area contributed by atoms with Crippen molar-refractivity contribution in [3.8, 4) is 0 Å². The van der Waals surface area contributed by atoms with E-state index < -0.39 is 6.10 Å². The smallest absolute Gasteiger partial charge is 0.308 e. The average Bonchev–Trinajstić information content (AvgIpc) is 2.64. The minimum absolute atomic E-state index is 0.0201. The van der Waals surface area contributed by atoms with Gasteiger partial charge >= 0.3 is 5.97 Å². The summed E-state index contributed by atoms with van der Waals surface area (Å²) in [6.45, 7) is 3.04. The molecule has 96 valence electrons. The van der Waals surface area contributed by atoms with Crippen molar-refractivity contribution in [2.75, 3.05) is 13.2 Å². The van der Waals surface area contributed by atoms with Gasteiger partial charge < -0.3 is 15.2 Å². The number of aliphatic hydroxyl groups is 1. The highest BCUT2D eigenvalue weighted by Gasteiger charge is 2.11. The fourth-order valence-electron chi connectivity index (χ4n) is 1.43. The summed E-state index contributed by atoms with van der Waals surface area (Å²) in [6.07, 6.45) is 1.01. The molecule has 1 heterocycles. The van der Waals surface area contributed by atoms with Gasteiger partial charge in [-0.3, -0.25) is 9.48 Å². The van der Waals surface area contributed by atoms with Crippen molar-refractivity contribution in [1.82, 2.24) is 15.1 Å². The van der Waals surface area contributed by atoms with Gasteiger partial charge in [-0.05, 0) is 13.0 Å². The number of rotatable bonds is 7. The molecule has 17 heavy (non-hydrogen) atoms. The molecular weight excluding hydrogens is 222 g/mol. The molecule has 6 nitrogen and oxygen atoms in total. The van der Waals surface area contributed by atoms with E-state index in [9.17, 15) is 9.90 Å². The lowest BCUT2D eigenvalue weighted by Crippen LogP contribution is -2.29. The van der Waals surface area contributed by atoms with Crippen molar-refractivity contribution in [1.29, 1.82) is 0 Å². The van der Waals surface area contributed by atoms with Gasteiger partial charge in [0, 0.05) is 26.3 Å². The molecule has 0 spiro atoms. The summed E-state index contributed by atoms with van der Waals surface area (Å²) in [4.78, 5) is 11.1. The number of ether oxygens (including phenoxy) is 1. The predicted octanol–water partition coefficient (Wildman–Crippen LogP) is -0.176. The summed E-state index contributed by atoms with van der Waals surface area (Å²) in [5, 5.41) is 16.6. The highest BCUT2D eigenvalue weighted by molar-refractivity contribution is 5.69. The Balaban J connectivity index is 2.18. The van der Waals surface area contributed by atoms with Gasteiger partial charge in [-0.25, -0.2) is 0 Å². The molecule has 0 saturated carbocycles. The predicted molar refractivity (Wildman–Crippen MR) is 62.2 cm³/mol. The molecular formula is C11H19N3O3. The average molecular weight is 241 g/mol. The van der Waals surface area contributed by atoms with Crippen molar-refractivity contribution in [2.45, 2.75) is 26.0 Å². The largest absolute Gasteiger partial charge is 0.466 e. The first-order chi connectivity index (χ1) is 8.13. The van der Waals surface area contributed by atoms with Gasteiger partial charge in [-0.15, -0.1) is 0 Å². The van der Waals surface area contributed by atoms with E-state index >= 15 is 0 Å². The second-order valence-corrected chi connectivity index (χ2v) is 3.74. The Labute approximate surface area is 101 Å². The fraction of sp³-hybridized carbons (Fsp3) is 0.636. The standard InChI is InChI=1S/C11H19N3O3/c1-3-17-11(16)6-10(15)8-12-7-9-4-5-13-14(9)2/h4-5,10,12,15H,3,6-8H2,1-2H3. The van der Waals surface area contributed by atoms with Crippen LogP contribution in [0.15, 0.2) is 12.3 Å². The first kappa shape index (κ1) is 13.7. The zero-order chi connectivity index (χ0) is 12.7. The molecule has 1 atom stereocenters. The lowest BCUT2D eigenvalue weighted by molar-refractivity contribution is -0.145. The van der Waals surface area contributed by atoms with Crippen LogP contribution in [0.25, 0.3) is 0 Å². The van der Waals surface area contributed by atoms with E-state index in [4.69, 9.17) is 4.74 Å². The van der Waals surface area contributed by atoms with Crippen LogP contribution in [0.5, 0.6) is 0 Å². The number of nitrogens with zero attached hydrogens (tertiary/aromatic N) is 2. The van der Waals surface area contributed by atoms with Crippen molar-refractivity contribution < 1.29 is 14.6 Å². The Bertz CT molecular complexity index is 351. The van der Waals surface area contributed by atoms with Crippen LogP contribution in [-0.4, -0.2) is 40.1 Å². The Kier molecular flexibility index (Phi) is 5.65. The third-order valence-corrected chi connectivity index (χ3v) is 2.32. The molecule has 2 N–H and O–H groups in total. The van der Waals surface area contributed by atoms with E-state index in [-0.39, 0.29) is 12.4 Å². The number of esters is 1. The fourth-order valence-corrected chi connectivity index (χ4v) is 1.43. The van der Waals surface area contributed by atoms with E-state index in [1.54, 1.807) is 17.8 Å². The molecule has 0 bridgehead atoms. The molecule has 1 aromatic rings. The maximum absolute atomic E-state index is 11.1. The maximum atomic E-state index is 11.1. The summed E-state index contributed by atoms with van der Waals surface area (Å²) in [6, 6.07) is 1.89. The molecule has 0 fully saturated rings. The summed E-state index contributed by atoms with van der Waals surface area (Å²) < 4.78 is 6.50. The van der Waals surface area contributed by atoms with Gasteiger partial charge in [0.25, 0.3) is 0 Å². The second kappa shape index (κ2) is 7.03. The number of hydrogen-bond donors (Lipinski definition) is 2. The Morgan fingerprint density at radius 3 is 3.06 bits per heavy atom. The Morgan fingerprint density at radius 2 is 2.47 bits per heavy atom. The number of carbonyl (C=O) groups excluding carboxylic acids is 1.